The molecular formula is C19H19N5O2. The van der Waals surface area contributed by atoms with Crippen LogP contribution in [-0.4, -0.2) is 39.4 Å². The topological polar surface area (TPSA) is 92.3 Å². The number of hydrogen-bond donors (Lipinski definition) is 2. The van der Waals surface area contributed by atoms with Crippen LogP contribution in [0.3, 0.4) is 0 Å². The number of H-pyrrole nitrogens is 1. The van der Waals surface area contributed by atoms with E-state index in [-0.39, 0.29) is 12.0 Å². The molecule has 0 saturated heterocycles. The number of carbonyl (C=O) groups excluding carboxylic acids is 1. The van der Waals surface area contributed by atoms with Crippen LogP contribution >= 0.6 is 0 Å². The molecule has 1 amide bonds. The lowest BCUT2D eigenvalue weighted by molar-refractivity contribution is 0.0753. The molecule has 1 aliphatic heterocycles. The molecule has 7 nitrogen and oxygen atoms in total. The van der Waals surface area contributed by atoms with E-state index >= 15 is 0 Å². The van der Waals surface area contributed by atoms with E-state index in [0.29, 0.717) is 24.2 Å². The minimum atomic E-state index is -0.188. The second kappa shape index (κ2) is 6.59. The summed E-state index contributed by atoms with van der Waals surface area (Å²) in [7, 11) is 0. The zero-order valence-electron chi connectivity index (χ0n) is 14.6. The fraction of sp³-hybridized carbons (Fsp3) is 0.263. The lowest BCUT2D eigenvalue weighted by Crippen LogP contribution is -2.32. The Bertz CT molecular complexity index is 991. The number of fused-ring (bicyclic) bond motifs is 1. The number of benzene rings is 1. The van der Waals surface area contributed by atoms with Gasteiger partial charge in [-0.05, 0) is 25.5 Å². The SMILES string of the molecule is Cc1ccc(C2=NO[C@H](CNC(=O)c3cnc4n[nH]c(C)c4c3)C2)cc1. The first-order chi connectivity index (χ1) is 12.6. The number of hydrogen-bond acceptors (Lipinski definition) is 5. The van der Waals surface area contributed by atoms with Crippen LogP contribution < -0.4 is 5.32 Å². The van der Waals surface area contributed by atoms with Crippen LogP contribution in [0.5, 0.6) is 0 Å². The third kappa shape index (κ3) is 3.15. The van der Waals surface area contributed by atoms with Crippen molar-refractivity contribution >= 4 is 22.7 Å². The molecule has 3 aromatic rings. The maximum absolute atomic E-state index is 12.4. The third-order valence-corrected chi connectivity index (χ3v) is 4.47. The van der Waals surface area contributed by atoms with Gasteiger partial charge in [0.15, 0.2) is 5.65 Å². The van der Waals surface area contributed by atoms with Crippen LogP contribution in [0.1, 0.15) is 33.6 Å². The Morgan fingerprint density at radius 2 is 2.12 bits per heavy atom. The Balaban J connectivity index is 1.36. The molecule has 1 atom stereocenters. The monoisotopic (exact) mass is 349 g/mol. The Morgan fingerprint density at radius 3 is 2.92 bits per heavy atom. The van der Waals surface area contributed by atoms with E-state index in [1.54, 1.807) is 6.07 Å². The number of nitrogens with zero attached hydrogens (tertiary/aromatic N) is 3. The summed E-state index contributed by atoms with van der Waals surface area (Å²) in [6, 6.07) is 9.96. The van der Waals surface area contributed by atoms with E-state index in [1.807, 2.05) is 38.1 Å². The van der Waals surface area contributed by atoms with Gasteiger partial charge in [-0.3, -0.25) is 9.89 Å². The van der Waals surface area contributed by atoms with Gasteiger partial charge in [0.1, 0.15) is 6.10 Å². The Labute approximate surface area is 150 Å². The van der Waals surface area contributed by atoms with Crippen molar-refractivity contribution in [2.45, 2.75) is 26.4 Å². The molecular weight excluding hydrogens is 330 g/mol. The number of pyridine rings is 1. The molecule has 0 radical (unpaired) electrons. The van der Waals surface area contributed by atoms with Crippen molar-refractivity contribution in [3.05, 3.63) is 58.9 Å². The van der Waals surface area contributed by atoms with Gasteiger partial charge in [-0.1, -0.05) is 35.0 Å². The first-order valence-corrected chi connectivity index (χ1v) is 8.49. The highest BCUT2D eigenvalue weighted by Crippen LogP contribution is 2.17. The smallest absolute Gasteiger partial charge is 0.253 e. The average molecular weight is 349 g/mol. The van der Waals surface area contributed by atoms with E-state index in [9.17, 15) is 4.79 Å². The van der Waals surface area contributed by atoms with E-state index in [0.717, 1.165) is 22.4 Å². The molecule has 0 bridgehead atoms. The number of rotatable bonds is 4. The molecule has 0 aliphatic carbocycles. The molecule has 3 heterocycles. The van der Waals surface area contributed by atoms with Crippen LogP contribution in [0.2, 0.25) is 0 Å². The van der Waals surface area contributed by atoms with Crippen LogP contribution in [0.4, 0.5) is 0 Å². The van der Waals surface area contributed by atoms with E-state index < -0.39 is 0 Å². The minimum absolute atomic E-state index is 0.164. The number of aryl methyl sites for hydroxylation is 2. The van der Waals surface area contributed by atoms with Crippen LogP contribution in [0, 0.1) is 13.8 Å². The average Bonchev–Trinajstić information content (AvgIpc) is 3.27. The van der Waals surface area contributed by atoms with E-state index in [1.165, 1.54) is 11.8 Å². The molecule has 4 rings (SSSR count). The lowest BCUT2D eigenvalue weighted by Gasteiger charge is -2.10. The van der Waals surface area contributed by atoms with Crippen molar-refractivity contribution in [2.75, 3.05) is 6.54 Å². The first kappa shape index (κ1) is 16.3. The van der Waals surface area contributed by atoms with Gasteiger partial charge in [-0.25, -0.2) is 4.98 Å². The highest BCUT2D eigenvalue weighted by atomic mass is 16.6. The van der Waals surface area contributed by atoms with Crippen LogP contribution in [0.25, 0.3) is 11.0 Å². The summed E-state index contributed by atoms with van der Waals surface area (Å²) in [5.41, 5.74) is 5.15. The normalized spacial score (nSPS) is 16.4. The second-order valence-corrected chi connectivity index (χ2v) is 6.49. The van der Waals surface area contributed by atoms with Crippen molar-refractivity contribution in [1.82, 2.24) is 20.5 Å². The standard InChI is InChI=1S/C19H19N5O2/c1-11-3-5-13(6-4-11)17-8-15(26-24-17)10-21-19(25)14-7-16-12(2)22-23-18(16)20-9-14/h3-7,9,15H,8,10H2,1-2H3,(H,21,25)(H,20,22,23)/t15-/m0/s1. The molecule has 7 heteroatoms. The summed E-state index contributed by atoms with van der Waals surface area (Å²) in [4.78, 5) is 22.1. The van der Waals surface area contributed by atoms with Crippen molar-refractivity contribution < 1.29 is 9.63 Å². The molecule has 1 aliphatic rings. The van der Waals surface area contributed by atoms with Crippen LogP contribution in [-0.2, 0) is 4.84 Å². The quantitative estimate of drug-likeness (QED) is 0.757. The molecule has 132 valence electrons. The second-order valence-electron chi connectivity index (χ2n) is 6.49. The summed E-state index contributed by atoms with van der Waals surface area (Å²) in [6.45, 7) is 4.33. The predicted octanol–water partition coefficient (Wildman–Crippen LogP) is 2.50. The van der Waals surface area contributed by atoms with Crippen molar-refractivity contribution in [3.63, 3.8) is 0 Å². The van der Waals surface area contributed by atoms with Gasteiger partial charge < -0.3 is 10.2 Å². The maximum Gasteiger partial charge on any atom is 0.253 e. The van der Waals surface area contributed by atoms with E-state index in [2.05, 4.69) is 25.7 Å². The van der Waals surface area contributed by atoms with Crippen LogP contribution in [0.15, 0.2) is 41.7 Å². The maximum atomic E-state index is 12.4. The highest BCUT2D eigenvalue weighted by molar-refractivity contribution is 6.01. The molecule has 2 N–H and O–H groups in total. The Hall–Kier alpha value is -3.22. The predicted molar refractivity (Wildman–Crippen MR) is 98.2 cm³/mol. The number of carbonyl (C=O) groups is 1. The zero-order chi connectivity index (χ0) is 18.1. The first-order valence-electron chi connectivity index (χ1n) is 8.49. The largest absolute Gasteiger partial charge is 0.390 e. The summed E-state index contributed by atoms with van der Waals surface area (Å²) >= 11 is 0. The van der Waals surface area contributed by atoms with Gasteiger partial charge in [0.2, 0.25) is 0 Å². The summed E-state index contributed by atoms with van der Waals surface area (Å²) < 4.78 is 0. The van der Waals surface area contributed by atoms with Gasteiger partial charge in [0.05, 0.1) is 17.8 Å². The molecule has 1 aromatic carbocycles. The number of oxime groups is 1. The van der Waals surface area contributed by atoms with Crippen molar-refractivity contribution in [1.29, 1.82) is 0 Å². The number of nitrogens with one attached hydrogen (secondary N) is 2. The van der Waals surface area contributed by atoms with Crippen molar-refractivity contribution in [3.8, 4) is 0 Å². The number of aromatic amines is 1. The Morgan fingerprint density at radius 1 is 1.31 bits per heavy atom. The molecule has 0 saturated carbocycles. The third-order valence-electron chi connectivity index (χ3n) is 4.47. The molecule has 0 fully saturated rings. The molecule has 26 heavy (non-hydrogen) atoms. The molecule has 0 spiro atoms. The fourth-order valence-electron chi connectivity index (χ4n) is 2.91. The lowest BCUT2D eigenvalue weighted by atomic mass is 10.0. The van der Waals surface area contributed by atoms with Gasteiger partial charge >= 0.3 is 0 Å². The Kier molecular flexibility index (Phi) is 4.12. The minimum Gasteiger partial charge on any atom is -0.390 e. The van der Waals surface area contributed by atoms with Gasteiger partial charge in [-0.15, -0.1) is 0 Å². The zero-order valence-corrected chi connectivity index (χ0v) is 14.6. The summed E-state index contributed by atoms with van der Waals surface area (Å²) in [5, 5.41) is 14.8. The van der Waals surface area contributed by atoms with Gasteiger partial charge in [0.25, 0.3) is 5.91 Å². The fourth-order valence-corrected chi connectivity index (χ4v) is 2.91. The number of amides is 1. The van der Waals surface area contributed by atoms with Gasteiger partial charge in [0, 0.05) is 23.7 Å². The summed E-state index contributed by atoms with van der Waals surface area (Å²) in [6.07, 6.45) is 2.03. The number of aromatic nitrogens is 3. The van der Waals surface area contributed by atoms with Crippen molar-refractivity contribution in [2.24, 2.45) is 5.16 Å². The molecule has 2 aromatic heterocycles. The van der Waals surface area contributed by atoms with Gasteiger partial charge in [-0.2, -0.15) is 5.10 Å². The highest BCUT2D eigenvalue weighted by Gasteiger charge is 2.23. The summed E-state index contributed by atoms with van der Waals surface area (Å²) in [5.74, 6) is -0.188. The molecule has 0 unspecified atom stereocenters. The van der Waals surface area contributed by atoms with E-state index in [4.69, 9.17) is 4.84 Å².